The van der Waals surface area contributed by atoms with Crippen LogP contribution in [-0.2, 0) is 45.5 Å². The zero-order chi connectivity index (χ0) is 31.3. The molecule has 0 saturated heterocycles. The first-order valence-corrected chi connectivity index (χ1v) is 19.0. The Labute approximate surface area is 261 Å². The number of fused-ring (bicyclic) bond motifs is 3. The van der Waals surface area contributed by atoms with E-state index in [-0.39, 0.29) is 0 Å². The van der Waals surface area contributed by atoms with Gasteiger partial charge in [0.15, 0.2) is 19.7 Å². The molecule has 0 amide bonds. The molecule has 1 aromatic heterocycles. The summed E-state index contributed by atoms with van der Waals surface area (Å²) in [5.41, 5.74) is 12.5. The maximum absolute atomic E-state index is 11.9. The molecule has 0 unspecified atom stereocenters. The zero-order valence-corrected chi connectivity index (χ0v) is 27.2. The van der Waals surface area contributed by atoms with Gasteiger partial charge in [0.2, 0.25) is 0 Å². The van der Waals surface area contributed by atoms with Crippen LogP contribution in [-0.4, -0.2) is 54.0 Å². The fraction of sp³-hybridized carbons (Fsp3) is 0.382. The zero-order valence-electron chi connectivity index (χ0n) is 25.6. The lowest BCUT2D eigenvalue weighted by atomic mass is 10.0. The van der Waals surface area contributed by atoms with Gasteiger partial charge >= 0.3 is 0 Å². The Balaban J connectivity index is 0.000000215. The topological polar surface area (TPSA) is 122 Å². The summed E-state index contributed by atoms with van der Waals surface area (Å²) in [6.07, 6.45) is 10.1. The van der Waals surface area contributed by atoms with Crippen LogP contribution in [0, 0.1) is 0 Å². The summed E-state index contributed by atoms with van der Waals surface area (Å²) < 4.78 is 46.6. The number of hydrogen-bond acceptors (Lipinski definition) is 8. The Morgan fingerprint density at radius 1 is 0.750 bits per heavy atom. The van der Waals surface area contributed by atoms with E-state index in [1.54, 1.807) is 12.1 Å². The Morgan fingerprint density at radius 2 is 1.36 bits per heavy atom. The van der Waals surface area contributed by atoms with Crippen molar-refractivity contribution in [3.63, 3.8) is 0 Å². The fourth-order valence-corrected chi connectivity index (χ4v) is 7.30. The van der Waals surface area contributed by atoms with Crippen molar-refractivity contribution in [2.45, 2.75) is 61.3 Å². The maximum Gasteiger partial charge on any atom is 0.175 e. The van der Waals surface area contributed by atoms with E-state index < -0.39 is 19.7 Å². The van der Waals surface area contributed by atoms with Crippen molar-refractivity contribution >= 4 is 42.1 Å². The van der Waals surface area contributed by atoms with Crippen molar-refractivity contribution in [1.29, 1.82) is 0 Å². The van der Waals surface area contributed by atoms with Gasteiger partial charge in [-0.3, -0.25) is 0 Å². The molecule has 0 bridgehead atoms. The number of rotatable bonds is 6. The molecule has 2 aliphatic rings. The quantitative estimate of drug-likeness (QED) is 0.273. The lowest BCUT2D eigenvalue weighted by Crippen LogP contribution is -2.24. The molecule has 8 nitrogen and oxygen atoms in total. The van der Waals surface area contributed by atoms with E-state index >= 15 is 0 Å². The number of aryl methyl sites for hydroxylation is 3. The highest BCUT2D eigenvalue weighted by Gasteiger charge is 2.19. The second-order valence-electron chi connectivity index (χ2n) is 11.8. The Morgan fingerprint density at radius 3 is 2.05 bits per heavy atom. The molecule has 6 rings (SSSR count). The van der Waals surface area contributed by atoms with Crippen LogP contribution in [0.3, 0.4) is 0 Å². The minimum Gasteiger partial charge on any atom is -0.383 e. The average molecular weight is 635 g/mol. The molecule has 3 N–H and O–H groups in total. The molecule has 1 aliphatic carbocycles. The van der Waals surface area contributed by atoms with Gasteiger partial charge in [0.1, 0.15) is 5.82 Å². The van der Waals surface area contributed by atoms with E-state index in [4.69, 9.17) is 10.7 Å². The van der Waals surface area contributed by atoms with Crippen molar-refractivity contribution < 1.29 is 16.8 Å². The Bertz CT molecular complexity index is 1860. The van der Waals surface area contributed by atoms with Gasteiger partial charge < -0.3 is 16.0 Å². The molecule has 0 spiro atoms. The monoisotopic (exact) mass is 634 g/mol. The van der Waals surface area contributed by atoms with Gasteiger partial charge in [-0.25, -0.2) is 21.8 Å². The summed E-state index contributed by atoms with van der Waals surface area (Å²) in [5, 5.41) is 4.50. The minimum atomic E-state index is -3.20. The van der Waals surface area contributed by atoms with Crippen molar-refractivity contribution in [1.82, 2.24) is 4.98 Å². The van der Waals surface area contributed by atoms with Gasteiger partial charge in [-0.15, -0.1) is 0 Å². The number of para-hydroxylation sites is 1. The molecule has 0 atom stereocenters. The van der Waals surface area contributed by atoms with Crippen LogP contribution in [0.15, 0.2) is 76.5 Å². The lowest BCUT2D eigenvalue weighted by Gasteiger charge is -2.24. The molecule has 234 valence electrons. The van der Waals surface area contributed by atoms with E-state index in [0.717, 1.165) is 65.8 Å². The highest BCUT2D eigenvalue weighted by atomic mass is 32.2. The number of anilines is 2. The third-order valence-corrected chi connectivity index (χ3v) is 10.5. The van der Waals surface area contributed by atoms with Gasteiger partial charge in [0, 0.05) is 55.8 Å². The number of sulfone groups is 2. The van der Waals surface area contributed by atoms with E-state index in [0.29, 0.717) is 29.4 Å². The summed E-state index contributed by atoms with van der Waals surface area (Å²) >= 11 is 0. The van der Waals surface area contributed by atoms with Crippen LogP contribution < -0.4 is 16.0 Å². The van der Waals surface area contributed by atoms with Gasteiger partial charge in [-0.2, -0.15) is 0 Å². The lowest BCUT2D eigenvalue weighted by molar-refractivity contribution is 0.600. The predicted octanol–water partition coefficient (Wildman–Crippen LogP) is 5.32. The Kier molecular flexibility index (Phi) is 9.92. The van der Waals surface area contributed by atoms with Crippen molar-refractivity contribution in [2.24, 2.45) is 5.73 Å². The van der Waals surface area contributed by atoms with Crippen molar-refractivity contribution in [2.75, 3.05) is 42.4 Å². The summed E-state index contributed by atoms with van der Waals surface area (Å²) in [6.45, 7) is 2.84. The number of hydrogen-bond donors (Lipinski definition) is 2. The normalized spacial score (nSPS) is 15.3. The predicted molar refractivity (Wildman–Crippen MR) is 179 cm³/mol. The first kappa shape index (κ1) is 31.9. The summed E-state index contributed by atoms with van der Waals surface area (Å²) in [4.78, 5) is 8.02. The number of aromatic nitrogens is 1. The second-order valence-corrected chi connectivity index (χ2v) is 15.8. The van der Waals surface area contributed by atoms with E-state index in [1.165, 1.54) is 42.9 Å². The molecular weight excluding hydrogens is 593 g/mol. The first-order chi connectivity index (χ1) is 21.0. The molecule has 4 aromatic rings. The molecule has 3 aromatic carbocycles. The fourth-order valence-electron chi connectivity index (χ4n) is 5.95. The van der Waals surface area contributed by atoms with Gasteiger partial charge in [-0.1, -0.05) is 36.8 Å². The average Bonchev–Trinajstić information content (AvgIpc) is 3.37. The van der Waals surface area contributed by atoms with Gasteiger partial charge in [-0.05, 0) is 91.1 Å². The Hall–Kier alpha value is -3.47. The maximum atomic E-state index is 11.9. The number of nitrogens with one attached hydrogen (secondary N) is 1. The highest BCUT2D eigenvalue weighted by Crippen LogP contribution is 2.30. The molecule has 0 saturated carbocycles. The number of nitrogens with zero attached hydrogens (tertiary/aromatic N) is 2. The molecular formula is C34H42N4O4S2. The van der Waals surface area contributed by atoms with E-state index in [9.17, 15) is 16.8 Å². The van der Waals surface area contributed by atoms with Crippen LogP contribution in [0.5, 0.6) is 0 Å². The number of nitrogens with two attached hydrogens (primary N) is 1. The molecule has 0 fully saturated rings. The van der Waals surface area contributed by atoms with Crippen molar-refractivity contribution in [3.8, 4) is 0 Å². The molecule has 0 radical (unpaired) electrons. The molecule has 10 heteroatoms. The molecule has 44 heavy (non-hydrogen) atoms. The summed E-state index contributed by atoms with van der Waals surface area (Å²) in [5.74, 6) is 0.920. The second kappa shape index (κ2) is 13.7. The smallest absolute Gasteiger partial charge is 0.175 e. The highest BCUT2D eigenvalue weighted by molar-refractivity contribution is 7.91. The van der Waals surface area contributed by atoms with Crippen LogP contribution in [0.4, 0.5) is 11.5 Å². The molecule has 2 heterocycles. The van der Waals surface area contributed by atoms with Crippen LogP contribution >= 0.6 is 0 Å². The van der Waals surface area contributed by atoms with E-state index in [2.05, 4.69) is 22.3 Å². The number of benzene rings is 3. The van der Waals surface area contributed by atoms with Crippen molar-refractivity contribution in [3.05, 3.63) is 89.0 Å². The van der Waals surface area contributed by atoms with Crippen LogP contribution in [0.2, 0.25) is 0 Å². The standard InChI is InChI=1S/C22H26N4O2S.C12H16O2S/c1-29(27,28)18-9-8-17-15-26(12-4-5-16(17)13-18)22-14-21(24-11-10-23)19-6-2-3-7-20(19)25-22;1-15(13,14)12-8-7-10-5-3-2-4-6-11(10)9-12/h2-3,6-9,13-14H,4-5,10-12,15,23H2,1H3,(H,24,25);7-9H,2-6H2,1H3. The summed E-state index contributed by atoms with van der Waals surface area (Å²) in [6, 6.07) is 21.2. The number of pyridine rings is 1. The molecule has 1 aliphatic heterocycles. The van der Waals surface area contributed by atoms with Gasteiger partial charge in [0.25, 0.3) is 0 Å². The van der Waals surface area contributed by atoms with Gasteiger partial charge in [0.05, 0.1) is 15.3 Å². The third kappa shape index (κ3) is 7.78. The third-order valence-electron chi connectivity index (χ3n) is 8.33. The summed E-state index contributed by atoms with van der Waals surface area (Å²) in [7, 11) is -6.25. The van der Waals surface area contributed by atoms with Crippen LogP contribution in [0.1, 0.15) is 47.9 Å². The first-order valence-electron chi connectivity index (χ1n) is 15.3. The van der Waals surface area contributed by atoms with Crippen LogP contribution in [0.25, 0.3) is 10.9 Å². The SMILES string of the molecule is CS(=O)(=O)c1ccc2c(c1)CCCCC2.CS(=O)(=O)c1ccc2c(c1)CCCN(c1cc(NCCN)c3ccccc3n1)C2. The minimum absolute atomic E-state index is 0.391. The largest absolute Gasteiger partial charge is 0.383 e. The van der Waals surface area contributed by atoms with E-state index in [1.807, 2.05) is 42.5 Å².